The van der Waals surface area contributed by atoms with Crippen LogP contribution in [0, 0.1) is 0 Å². The number of nitrogens with one attached hydrogen (secondary N) is 1. The van der Waals surface area contributed by atoms with Crippen LogP contribution in [0.25, 0.3) is 0 Å². The fraction of sp³-hybridized carbons (Fsp3) is 0.625. The van der Waals surface area contributed by atoms with Crippen LogP contribution in [0.2, 0.25) is 0 Å². The van der Waals surface area contributed by atoms with Crippen molar-refractivity contribution in [2.45, 2.75) is 44.4 Å². The van der Waals surface area contributed by atoms with Gasteiger partial charge in [0.05, 0.1) is 0 Å². The Bertz CT molecular complexity index is 410. The number of likely N-dealkylation sites (tertiary alicyclic amines) is 1. The number of ether oxygens (including phenoxy) is 1. The highest BCUT2D eigenvalue weighted by Crippen LogP contribution is 2.28. The van der Waals surface area contributed by atoms with E-state index < -0.39 is 0 Å². The molecule has 2 aliphatic heterocycles. The Hall–Kier alpha value is -1.06. The standard InChI is InChI=1S/C16H24N2O/c1-12-9-14(7-8-18(12)2)17-11-15-10-13-5-3-4-6-16(13)19-15/h3-6,12,14-15,17H,7-11H2,1-2H3. The topological polar surface area (TPSA) is 24.5 Å². The third-order valence-corrected chi connectivity index (χ3v) is 4.56. The lowest BCUT2D eigenvalue weighted by atomic mass is 9.98. The van der Waals surface area contributed by atoms with Gasteiger partial charge in [-0.2, -0.15) is 0 Å². The number of benzene rings is 1. The molecule has 2 heterocycles. The van der Waals surface area contributed by atoms with Crippen molar-refractivity contribution in [3.63, 3.8) is 0 Å². The Morgan fingerprint density at radius 2 is 2.21 bits per heavy atom. The Morgan fingerprint density at radius 1 is 1.37 bits per heavy atom. The smallest absolute Gasteiger partial charge is 0.123 e. The minimum atomic E-state index is 0.312. The van der Waals surface area contributed by atoms with Gasteiger partial charge < -0.3 is 15.0 Å². The Labute approximate surface area is 115 Å². The molecule has 3 nitrogen and oxygen atoms in total. The van der Waals surface area contributed by atoms with Gasteiger partial charge in [-0.1, -0.05) is 18.2 Å². The van der Waals surface area contributed by atoms with Crippen LogP contribution in [-0.4, -0.2) is 43.2 Å². The minimum Gasteiger partial charge on any atom is -0.488 e. The van der Waals surface area contributed by atoms with Crippen molar-refractivity contribution < 1.29 is 4.74 Å². The zero-order valence-electron chi connectivity index (χ0n) is 11.9. The van der Waals surface area contributed by atoms with Crippen molar-refractivity contribution >= 4 is 0 Å². The maximum absolute atomic E-state index is 5.97. The van der Waals surface area contributed by atoms with Crippen LogP contribution in [0.1, 0.15) is 25.3 Å². The molecule has 104 valence electrons. The van der Waals surface area contributed by atoms with Crippen LogP contribution in [0.4, 0.5) is 0 Å². The van der Waals surface area contributed by atoms with Gasteiger partial charge in [-0.15, -0.1) is 0 Å². The van der Waals surface area contributed by atoms with E-state index in [9.17, 15) is 0 Å². The Kier molecular flexibility index (Phi) is 3.76. The summed E-state index contributed by atoms with van der Waals surface area (Å²) in [5.41, 5.74) is 1.35. The third-order valence-electron chi connectivity index (χ3n) is 4.56. The van der Waals surface area contributed by atoms with E-state index in [1.807, 2.05) is 6.07 Å². The molecule has 0 saturated carbocycles. The lowest BCUT2D eigenvalue weighted by molar-refractivity contribution is 0.155. The molecule has 1 aromatic rings. The average molecular weight is 260 g/mol. The van der Waals surface area contributed by atoms with Crippen molar-refractivity contribution in [2.24, 2.45) is 0 Å². The number of para-hydroxylation sites is 1. The highest BCUT2D eigenvalue weighted by Gasteiger charge is 2.26. The molecular weight excluding hydrogens is 236 g/mol. The van der Waals surface area contributed by atoms with Crippen molar-refractivity contribution in [1.82, 2.24) is 10.2 Å². The molecule has 3 rings (SSSR count). The second-order valence-corrected chi connectivity index (χ2v) is 6.01. The molecule has 0 radical (unpaired) electrons. The molecule has 0 bridgehead atoms. The summed E-state index contributed by atoms with van der Waals surface area (Å²) in [6.07, 6.45) is 3.86. The summed E-state index contributed by atoms with van der Waals surface area (Å²) in [7, 11) is 2.22. The largest absolute Gasteiger partial charge is 0.488 e. The quantitative estimate of drug-likeness (QED) is 0.900. The monoisotopic (exact) mass is 260 g/mol. The van der Waals surface area contributed by atoms with E-state index >= 15 is 0 Å². The van der Waals surface area contributed by atoms with Gasteiger partial charge in [0.2, 0.25) is 0 Å². The summed E-state index contributed by atoms with van der Waals surface area (Å²) in [4.78, 5) is 2.44. The molecule has 0 amide bonds. The van der Waals surface area contributed by atoms with Crippen LogP contribution < -0.4 is 10.1 Å². The van der Waals surface area contributed by atoms with Crippen molar-refractivity contribution in [1.29, 1.82) is 0 Å². The van der Waals surface area contributed by atoms with Gasteiger partial charge in [-0.05, 0) is 45.0 Å². The normalized spacial score (nSPS) is 30.9. The zero-order chi connectivity index (χ0) is 13.2. The third kappa shape index (κ3) is 2.93. The van der Waals surface area contributed by atoms with Gasteiger partial charge in [0.25, 0.3) is 0 Å². The molecule has 2 aliphatic rings. The molecule has 1 saturated heterocycles. The van der Waals surface area contributed by atoms with Gasteiger partial charge >= 0.3 is 0 Å². The molecule has 0 spiro atoms. The van der Waals surface area contributed by atoms with E-state index in [-0.39, 0.29) is 0 Å². The average Bonchev–Trinajstić information content (AvgIpc) is 2.83. The highest BCUT2D eigenvalue weighted by molar-refractivity contribution is 5.37. The second-order valence-electron chi connectivity index (χ2n) is 6.01. The first-order chi connectivity index (χ1) is 9.22. The fourth-order valence-corrected chi connectivity index (χ4v) is 3.14. The van der Waals surface area contributed by atoms with Gasteiger partial charge in [0.1, 0.15) is 11.9 Å². The second kappa shape index (κ2) is 5.51. The van der Waals surface area contributed by atoms with Crippen molar-refractivity contribution in [3.8, 4) is 5.75 Å². The summed E-state index contributed by atoms with van der Waals surface area (Å²) >= 11 is 0. The molecule has 1 N–H and O–H groups in total. The Balaban J connectivity index is 1.47. The van der Waals surface area contributed by atoms with Crippen molar-refractivity contribution in [2.75, 3.05) is 20.1 Å². The number of piperidine rings is 1. The fourth-order valence-electron chi connectivity index (χ4n) is 3.14. The van der Waals surface area contributed by atoms with E-state index in [1.165, 1.54) is 24.9 Å². The molecule has 3 heteroatoms. The van der Waals surface area contributed by atoms with E-state index in [0.717, 1.165) is 18.7 Å². The summed E-state index contributed by atoms with van der Waals surface area (Å²) in [6, 6.07) is 9.73. The van der Waals surface area contributed by atoms with Crippen LogP contribution in [-0.2, 0) is 6.42 Å². The van der Waals surface area contributed by atoms with Gasteiger partial charge in [-0.25, -0.2) is 0 Å². The van der Waals surface area contributed by atoms with Gasteiger partial charge in [0, 0.05) is 25.0 Å². The first kappa shape index (κ1) is 12.9. The summed E-state index contributed by atoms with van der Waals surface area (Å²) in [6.45, 7) is 4.48. The van der Waals surface area contributed by atoms with Crippen LogP contribution in [0.3, 0.4) is 0 Å². The summed E-state index contributed by atoms with van der Waals surface area (Å²) in [5, 5.41) is 3.70. The lowest BCUT2D eigenvalue weighted by Crippen LogP contribution is -2.47. The molecule has 0 aromatic heterocycles. The van der Waals surface area contributed by atoms with E-state index in [2.05, 4.69) is 42.4 Å². The SMILES string of the molecule is CC1CC(NCC2Cc3ccccc3O2)CCN1C. The molecule has 1 aromatic carbocycles. The van der Waals surface area contributed by atoms with E-state index in [1.54, 1.807) is 0 Å². The molecule has 0 aliphatic carbocycles. The maximum Gasteiger partial charge on any atom is 0.123 e. The van der Waals surface area contributed by atoms with Crippen LogP contribution >= 0.6 is 0 Å². The zero-order valence-corrected chi connectivity index (χ0v) is 11.9. The lowest BCUT2D eigenvalue weighted by Gasteiger charge is -2.35. The minimum absolute atomic E-state index is 0.312. The number of rotatable bonds is 3. The van der Waals surface area contributed by atoms with Crippen molar-refractivity contribution in [3.05, 3.63) is 29.8 Å². The maximum atomic E-state index is 5.97. The Morgan fingerprint density at radius 3 is 3.00 bits per heavy atom. The molecular formula is C16H24N2O. The first-order valence-electron chi connectivity index (χ1n) is 7.40. The summed E-state index contributed by atoms with van der Waals surface area (Å²) < 4.78 is 5.97. The summed E-state index contributed by atoms with van der Waals surface area (Å²) in [5.74, 6) is 1.08. The van der Waals surface area contributed by atoms with E-state index in [4.69, 9.17) is 4.74 Å². The molecule has 3 unspecified atom stereocenters. The van der Waals surface area contributed by atoms with Crippen LogP contribution in [0.5, 0.6) is 5.75 Å². The first-order valence-corrected chi connectivity index (χ1v) is 7.40. The molecule has 19 heavy (non-hydrogen) atoms. The van der Waals surface area contributed by atoms with Gasteiger partial charge in [0.15, 0.2) is 0 Å². The molecule has 3 atom stereocenters. The number of nitrogens with zero attached hydrogens (tertiary/aromatic N) is 1. The van der Waals surface area contributed by atoms with E-state index in [0.29, 0.717) is 18.2 Å². The number of fused-ring (bicyclic) bond motifs is 1. The van der Waals surface area contributed by atoms with Crippen LogP contribution in [0.15, 0.2) is 24.3 Å². The highest BCUT2D eigenvalue weighted by atomic mass is 16.5. The predicted octanol–water partition coefficient (Wildman–Crippen LogP) is 2.06. The number of hydrogen-bond acceptors (Lipinski definition) is 3. The van der Waals surface area contributed by atoms with Gasteiger partial charge in [-0.3, -0.25) is 0 Å². The predicted molar refractivity (Wildman–Crippen MR) is 77.7 cm³/mol. The molecule has 1 fully saturated rings. The number of hydrogen-bond donors (Lipinski definition) is 1.